The van der Waals surface area contributed by atoms with E-state index in [2.05, 4.69) is 10.3 Å². The van der Waals surface area contributed by atoms with Crippen molar-refractivity contribution in [1.29, 1.82) is 0 Å². The molecule has 4 rings (SSSR count). The molecule has 1 unspecified atom stereocenters. The number of amides is 1. The van der Waals surface area contributed by atoms with Gasteiger partial charge >= 0.3 is 0 Å². The van der Waals surface area contributed by atoms with E-state index < -0.39 is 0 Å². The van der Waals surface area contributed by atoms with Crippen molar-refractivity contribution in [2.45, 2.75) is 17.3 Å². The predicted molar refractivity (Wildman–Crippen MR) is 103 cm³/mol. The molecule has 0 aliphatic carbocycles. The molecule has 0 radical (unpaired) electrons. The first kappa shape index (κ1) is 16.2. The van der Waals surface area contributed by atoms with E-state index in [1.165, 1.54) is 11.8 Å². The van der Waals surface area contributed by atoms with E-state index in [9.17, 15) is 4.79 Å². The lowest BCUT2D eigenvalue weighted by Crippen LogP contribution is -2.27. The molecule has 4 aromatic rings. The third-order valence-corrected chi connectivity index (χ3v) is 6.03. The van der Waals surface area contributed by atoms with E-state index in [-0.39, 0.29) is 11.9 Å². The fourth-order valence-electron chi connectivity index (χ4n) is 2.61. The SMILES string of the molecule is CC(NC(=O)CSc1nc2ccccc2s1)c1cc2ccccc2o1. The minimum atomic E-state index is -0.170. The third kappa shape index (κ3) is 3.55. The van der Waals surface area contributed by atoms with Gasteiger partial charge in [0.25, 0.3) is 0 Å². The molecule has 0 fully saturated rings. The number of hydrogen-bond acceptors (Lipinski definition) is 5. The van der Waals surface area contributed by atoms with Gasteiger partial charge in [-0.3, -0.25) is 4.79 Å². The maximum Gasteiger partial charge on any atom is 0.231 e. The zero-order valence-corrected chi connectivity index (χ0v) is 15.2. The Morgan fingerprint density at radius 3 is 2.88 bits per heavy atom. The predicted octanol–water partition coefficient (Wildman–Crippen LogP) is 5.01. The molecule has 1 N–H and O–H groups in total. The molecule has 0 bridgehead atoms. The number of aromatic nitrogens is 1. The van der Waals surface area contributed by atoms with E-state index in [1.807, 2.05) is 61.5 Å². The molecular formula is C19H16N2O2S2. The Morgan fingerprint density at radius 2 is 2.04 bits per heavy atom. The number of thioether (sulfide) groups is 1. The van der Waals surface area contributed by atoms with Crippen molar-refractivity contribution >= 4 is 50.2 Å². The fourth-order valence-corrected chi connectivity index (χ4v) is 4.49. The van der Waals surface area contributed by atoms with Crippen LogP contribution in [0.1, 0.15) is 18.7 Å². The Balaban J connectivity index is 1.37. The van der Waals surface area contributed by atoms with Crippen LogP contribution in [0.5, 0.6) is 0 Å². The van der Waals surface area contributed by atoms with Crippen LogP contribution in [0.2, 0.25) is 0 Å². The number of nitrogens with zero attached hydrogens (tertiary/aromatic N) is 1. The summed E-state index contributed by atoms with van der Waals surface area (Å²) in [5.74, 6) is 1.07. The van der Waals surface area contributed by atoms with E-state index in [4.69, 9.17) is 4.42 Å². The quantitative estimate of drug-likeness (QED) is 0.503. The largest absolute Gasteiger partial charge is 0.459 e. The smallest absolute Gasteiger partial charge is 0.231 e. The molecule has 1 atom stereocenters. The molecule has 25 heavy (non-hydrogen) atoms. The van der Waals surface area contributed by atoms with E-state index >= 15 is 0 Å². The topological polar surface area (TPSA) is 55.1 Å². The summed E-state index contributed by atoms with van der Waals surface area (Å²) in [4.78, 5) is 16.8. The lowest BCUT2D eigenvalue weighted by atomic mass is 10.2. The zero-order valence-electron chi connectivity index (χ0n) is 13.6. The van der Waals surface area contributed by atoms with Crippen molar-refractivity contribution < 1.29 is 9.21 Å². The van der Waals surface area contributed by atoms with Crippen LogP contribution in [0.4, 0.5) is 0 Å². The van der Waals surface area contributed by atoms with Gasteiger partial charge in [-0.2, -0.15) is 0 Å². The maximum atomic E-state index is 12.2. The summed E-state index contributed by atoms with van der Waals surface area (Å²) in [5, 5.41) is 4.03. The molecule has 2 heterocycles. The van der Waals surface area contributed by atoms with Crippen molar-refractivity contribution in [2.24, 2.45) is 0 Å². The molecular weight excluding hydrogens is 352 g/mol. The van der Waals surface area contributed by atoms with Gasteiger partial charge in [0, 0.05) is 5.39 Å². The van der Waals surface area contributed by atoms with Gasteiger partial charge in [-0.1, -0.05) is 42.1 Å². The maximum absolute atomic E-state index is 12.2. The van der Waals surface area contributed by atoms with Gasteiger partial charge in [-0.25, -0.2) is 4.98 Å². The Labute approximate surface area is 153 Å². The van der Waals surface area contributed by atoms with E-state index in [0.717, 1.165) is 31.3 Å². The molecule has 2 aromatic heterocycles. The first-order chi connectivity index (χ1) is 12.2. The number of thiazole rings is 1. The molecule has 0 aliphatic rings. The summed E-state index contributed by atoms with van der Waals surface area (Å²) < 4.78 is 7.85. The van der Waals surface area contributed by atoms with Crippen LogP contribution in [-0.4, -0.2) is 16.6 Å². The number of carbonyl (C=O) groups is 1. The van der Waals surface area contributed by atoms with Crippen molar-refractivity contribution in [3.8, 4) is 0 Å². The van der Waals surface area contributed by atoms with Gasteiger partial charge in [0.15, 0.2) is 4.34 Å². The number of furan rings is 1. The van der Waals surface area contributed by atoms with Crippen molar-refractivity contribution in [3.63, 3.8) is 0 Å². The van der Waals surface area contributed by atoms with Crippen LogP contribution in [0.15, 0.2) is 63.4 Å². The number of nitrogens with one attached hydrogen (secondary N) is 1. The molecule has 2 aromatic carbocycles. The summed E-state index contributed by atoms with van der Waals surface area (Å²) in [6.45, 7) is 1.93. The molecule has 0 saturated carbocycles. The zero-order chi connectivity index (χ0) is 17.2. The second-order valence-electron chi connectivity index (χ2n) is 5.71. The normalized spacial score (nSPS) is 12.5. The molecule has 0 spiro atoms. The van der Waals surface area contributed by atoms with Crippen LogP contribution in [0.3, 0.4) is 0 Å². The number of fused-ring (bicyclic) bond motifs is 2. The lowest BCUT2D eigenvalue weighted by Gasteiger charge is -2.10. The Hall–Kier alpha value is -2.31. The Kier molecular flexibility index (Phi) is 4.46. The van der Waals surface area contributed by atoms with Crippen LogP contribution in [0, 0.1) is 0 Å². The van der Waals surface area contributed by atoms with Crippen LogP contribution >= 0.6 is 23.1 Å². The highest BCUT2D eigenvalue weighted by Crippen LogP contribution is 2.29. The average Bonchev–Trinajstić information content (AvgIpc) is 3.23. The monoisotopic (exact) mass is 368 g/mol. The highest BCUT2D eigenvalue weighted by atomic mass is 32.2. The van der Waals surface area contributed by atoms with Crippen LogP contribution in [-0.2, 0) is 4.79 Å². The molecule has 126 valence electrons. The van der Waals surface area contributed by atoms with Crippen LogP contribution < -0.4 is 5.32 Å². The minimum Gasteiger partial charge on any atom is -0.459 e. The van der Waals surface area contributed by atoms with Gasteiger partial charge < -0.3 is 9.73 Å². The highest BCUT2D eigenvalue weighted by Gasteiger charge is 2.15. The number of para-hydroxylation sites is 2. The molecule has 1 amide bonds. The molecule has 0 aliphatic heterocycles. The Bertz CT molecular complexity index is 972. The van der Waals surface area contributed by atoms with E-state index in [1.54, 1.807) is 11.3 Å². The molecule has 4 nitrogen and oxygen atoms in total. The standard InChI is InChI=1S/C19H16N2O2S2/c1-12(16-10-13-6-2-4-8-15(13)23-16)20-18(22)11-24-19-21-14-7-3-5-9-17(14)25-19/h2-10,12H,11H2,1H3,(H,20,22). The second-order valence-corrected chi connectivity index (χ2v) is 7.97. The average molecular weight is 368 g/mol. The molecule has 0 saturated heterocycles. The van der Waals surface area contributed by atoms with Crippen molar-refractivity contribution in [1.82, 2.24) is 10.3 Å². The van der Waals surface area contributed by atoms with Gasteiger partial charge in [0.1, 0.15) is 11.3 Å². The van der Waals surface area contributed by atoms with Gasteiger partial charge in [-0.15, -0.1) is 11.3 Å². The van der Waals surface area contributed by atoms with Crippen LogP contribution in [0.25, 0.3) is 21.2 Å². The highest BCUT2D eigenvalue weighted by molar-refractivity contribution is 8.01. The van der Waals surface area contributed by atoms with Gasteiger partial charge in [0.2, 0.25) is 5.91 Å². The first-order valence-electron chi connectivity index (χ1n) is 7.95. The van der Waals surface area contributed by atoms with Crippen molar-refractivity contribution in [2.75, 3.05) is 5.75 Å². The Morgan fingerprint density at radius 1 is 1.24 bits per heavy atom. The minimum absolute atomic E-state index is 0.0304. The number of benzene rings is 2. The lowest BCUT2D eigenvalue weighted by molar-refractivity contribution is -0.119. The van der Waals surface area contributed by atoms with E-state index in [0.29, 0.717) is 5.75 Å². The van der Waals surface area contributed by atoms with Gasteiger partial charge in [-0.05, 0) is 31.2 Å². The van der Waals surface area contributed by atoms with Gasteiger partial charge in [0.05, 0.1) is 22.0 Å². The second kappa shape index (κ2) is 6.90. The molecule has 6 heteroatoms. The first-order valence-corrected chi connectivity index (χ1v) is 9.75. The number of hydrogen-bond donors (Lipinski definition) is 1. The summed E-state index contributed by atoms with van der Waals surface area (Å²) in [6.07, 6.45) is 0. The fraction of sp³-hybridized carbons (Fsp3) is 0.158. The number of carbonyl (C=O) groups excluding carboxylic acids is 1. The summed E-state index contributed by atoms with van der Waals surface area (Å²) in [6, 6.07) is 17.6. The van der Waals surface area contributed by atoms with Crippen molar-refractivity contribution in [3.05, 3.63) is 60.4 Å². The summed E-state index contributed by atoms with van der Waals surface area (Å²) in [5.41, 5.74) is 1.81. The number of rotatable bonds is 5. The summed E-state index contributed by atoms with van der Waals surface area (Å²) >= 11 is 3.07. The third-order valence-electron chi connectivity index (χ3n) is 3.85. The summed E-state index contributed by atoms with van der Waals surface area (Å²) in [7, 11) is 0.